The smallest absolute Gasteiger partial charge is 0.326 e. The number of likely N-dealkylation sites (tertiary alicyclic amines) is 1. The van der Waals surface area contributed by atoms with Crippen molar-refractivity contribution in [1.82, 2.24) is 14.5 Å². The van der Waals surface area contributed by atoms with Gasteiger partial charge in [-0.2, -0.15) is 0 Å². The van der Waals surface area contributed by atoms with Crippen LogP contribution in [0.3, 0.4) is 0 Å². The minimum Gasteiger partial charge on any atom is -0.493 e. The highest BCUT2D eigenvalue weighted by atomic mass is 16.5. The van der Waals surface area contributed by atoms with Gasteiger partial charge in [-0.3, -0.25) is 9.47 Å². The molecule has 0 radical (unpaired) electrons. The van der Waals surface area contributed by atoms with Crippen LogP contribution in [0.15, 0.2) is 41.2 Å². The van der Waals surface area contributed by atoms with E-state index in [0.717, 1.165) is 54.5 Å². The first-order valence-electron chi connectivity index (χ1n) is 10.5. The fourth-order valence-electron chi connectivity index (χ4n) is 5.17. The summed E-state index contributed by atoms with van der Waals surface area (Å²) in [6.07, 6.45) is 2.00. The topological polar surface area (TPSA) is 79.7 Å². The van der Waals surface area contributed by atoms with Gasteiger partial charge in [-0.05, 0) is 54.7 Å². The van der Waals surface area contributed by atoms with Crippen LogP contribution in [0.5, 0.6) is 11.5 Å². The van der Waals surface area contributed by atoms with E-state index in [-0.39, 0.29) is 17.8 Å². The molecule has 1 aliphatic heterocycles. The summed E-state index contributed by atoms with van der Waals surface area (Å²) in [4.78, 5) is 17.8. The summed E-state index contributed by atoms with van der Waals surface area (Å²) >= 11 is 0. The first kappa shape index (κ1) is 19.2. The number of rotatable bonds is 4. The molecule has 2 unspecified atom stereocenters. The standard InChI is InChI=1S/C23H27N3O4/c1-29-20-12-14-11-19(22(27)16(14)13-21(20)30-2)25-9-7-15(8-10-25)26-18-6-4-3-5-17(18)24-23(26)28/h3-6,12-13,15,19,22,27H,7-11H2,1-2H3,(H,24,28). The molecule has 7 heteroatoms. The number of imidazole rings is 1. The second kappa shape index (κ2) is 7.49. The Balaban J connectivity index is 1.33. The Kier molecular flexibility index (Phi) is 4.79. The second-order valence-corrected chi connectivity index (χ2v) is 8.21. The fraction of sp³-hybridized carbons (Fsp3) is 0.435. The zero-order valence-electron chi connectivity index (χ0n) is 17.3. The van der Waals surface area contributed by atoms with E-state index in [0.29, 0.717) is 11.5 Å². The second-order valence-electron chi connectivity index (χ2n) is 8.21. The van der Waals surface area contributed by atoms with Crippen LogP contribution in [0.25, 0.3) is 11.0 Å². The zero-order valence-corrected chi connectivity index (χ0v) is 17.3. The molecule has 1 fully saturated rings. The van der Waals surface area contributed by atoms with Gasteiger partial charge in [0.25, 0.3) is 0 Å². The summed E-state index contributed by atoms with van der Waals surface area (Å²) in [5.74, 6) is 1.34. The first-order valence-corrected chi connectivity index (χ1v) is 10.5. The van der Waals surface area contributed by atoms with E-state index >= 15 is 0 Å². The minimum atomic E-state index is -0.549. The molecule has 1 aliphatic carbocycles. The zero-order chi connectivity index (χ0) is 20.8. The van der Waals surface area contributed by atoms with Crippen molar-refractivity contribution in [1.29, 1.82) is 0 Å². The lowest BCUT2D eigenvalue weighted by Crippen LogP contribution is -2.44. The summed E-state index contributed by atoms with van der Waals surface area (Å²) in [5.41, 5.74) is 3.85. The molecule has 5 rings (SSSR count). The molecule has 1 saturated heterocycles. The highest BCUT2D eigenvalue weighted by Crippen LogP contribution is 2.42. The molecule has 0 amide bonds. The van der Waals surface area contributed by atoms with E-state index in [4.69, 9.17) is 9.47 Å². The van der Waals surface area contributed by atoms with Gasteiger partial charge >= 0.3 is 5.69 Å². The number of para-hydroxylation sites is 2. The summed E-state index contributed by atoms with van der Waals surface area (Å²) in [6.45, 7) is 1.70. The molecule has 30 heavy (non-hydrogen) atoms. The number of nitrogens with one attached hydrogen (secondary N) is 1. The molecule has 2 aromatic carbocycles. The van der Waals surface area contributed by atoms with Crippen molar-refractivity contribution in [2.24, 2.45) is 0 Å². The molecular weight excluding hydrogens is 382 g/mol. The fourth-order valence-corrected chi connectivity index (χ4v) is 5.17. The number of hydrogen-bond acceptors (Lipinski definition) is 5. The number of ether oxygens (including phenoxy) is 2. The Bertz CT molecular complexity index is 1130. The van der Waals surface area contributed by atoms with Crippen molar-refractivity contribution in [2.45, 2.75) is 37.5 Å². The number of nitrogens with zero attached hydrogens (tertiary/aromatic N) is 2. The molecular formula is C23H27N3O4. The van der Waals surface area contributed by atoms with Crippen molar-refractivity contribution in [3.05, 3.63) is 58.0 Å². The van der Waals surface area contributed by atoms with E-state index in [1.165, 1.54) is 0 Å². The molecule has 3 aromatic rings. The SMILES string of the molecule is COc1cc2c(cc1OC)C(O)C(N1CCC(n3c(=O)[nH]c4ccccc43)CC1)C2. The van der Waals surface area contributed by atoms with E-state index in [1.54, 1.807) is 14.2 Å². The van der Waals surface area contributed by atoms with Gasteiger partial charge in [0.2, 0.25) is 0 Å². The number of hydrogen-bond donors (Lipinski definition) is 2. The lowest BCUT2D eigenvalue weighted by Gasteiger charge is -2.37. The molecule has 158 valence electrons. The van der Waals surface area contributed by atoms with Crippen LogP contribution in [-0.4, -0.2) is 52.9 Å². The van der Waals surface area contributed by atoms with E-state index < -0.39 is 6.10 Å². The van der Waals surface area contributed by atoms with Gasteiger partial charge in [0.1, 0.15) is 0 Å². The monoisotopic (exact) mass is 409 g/mol. The van der Waals surface area contributed by atoms with Crippen LogP contribution in [0.1, 0.15) is 36.1 Å². The van der Waals surface area contributed by atoms with Gasteiger partial charge < -0.3 is 19.6 Å². The summed E-state index contributed by atoms with van der Waals surface area (Å²) < 4.78 is 12.7. The Morgan fingerprint density at radius 2 is 1.77 bits per heavy atom. The highest BCUT2D eigenvalue weighted by Gasteiger charge is 2.38. The molecule has 0 saturated carbocycles. The number of aliphatic hydroxyl groups is 1. The van der Waals surface area contributed by atoms with Crippen molar-refractivity contribution in [2.75, 3.05) is 27.3 Å². The number of aliphatic hydroxyl groups excluding tert-OH is 1. The largest absolute Gasteiger partial charge is 0.493 e. The van der Waals surface area contributed by atoms with Gasteiger partial charge in [-0.15, -0.1) is 0 Å². The summed E-state index contributed by atoms with van der Waals surface area (Å²) in [5, 5.41) is 11.0. The molecule has 1 aromatic heterocycles. The Labute approximate surface area is 174 Å². The summed E-state index contributed by atoms with van der Waals surface area (Å²) in [7, 11) is 3.24. The van der Waals surface area contributed by atoms with E-state index in [9.17, 15) is 9.90 Å². The number of fused-ring (bicyclic) bond motifs is 2. The molecule has 7 nitrogen and oxygen atoms in total. The molecule has 2 heterocycles. The number of H-pyrrole nitrogens is 1. The van der Waals surface area contributed by atoms with Crippen LogP contribution in [0.4, 0.5) is 0 Å². The van der Waals surface area contributed by atoms with Gasteiger partial charge in [0.05, 0.1) is 31.4 Å². The van der Waals surface area contributed by atoms with Crippen molar-refractivity contribution < 1.29 is 14.6 Å². The maximum absolute atomic E-state index is 12.5. The van der Waals surface area contributed by atoms with Crippen LogP contribution in [0, 0.1) is 0 Å². The van der Waals surface area contributed by atoms with E-state index in [1.807, 2.05) is 41.0 Å². The van der Waals surface area contributed by atoms with Crippen LogP contribution >= 0.6 is 0 Å². The summed E-state index contributed by atoms with van der Waals surface area (Å²) in [6, 6.07) is 11.9. The lowest BCUT2D eigenvalue weighted by molar-refractivity contribution is 0.0405. The quantitative estimate of drug-likeness (QED) is 0.693. The van der Waals surface area contributed by atoms with Crippen molar-refractivity contribution in [3.63, 3.8) is 0 Å². The van der Waals surface area contributed by atoms with Gasteiger partial charge in [0, 0.05) is 25.2 Å². The van der Waals surface area contributed by atoms with Crippen LogP contribution in [-0.2, 0) is 6.42 Å². The number of aromatic nitrogens is 2. The minimum absolute atomic E-state index is 0.0393. The average Bonchev–Trinajstić information content (AvgIpc) is 3.28. The Hall–Kier alpha value is -2.77. The third-order valence-electron chi connectivity index (χ3n) is 6.71. The maximum atomic E-state index is 12.5. The predicted octanol–water partition coefficient (Wildman–Crippen LogP) is 2.64. The third kappa shape index (κ3) is 3.00. The highest BCUT2D eigenvalue weighted by molar-refractivity contribution is 5.75. The molecule has 0 bridgehead atoms. The lowest BCUT2D eigenvalue weighted by atomic mass is 10.0. The predicted molar refractivity (Wildman–Crippen MR) is 114 cm³/mol. The maximum Gasteiger partial charge on any atom is 0.326 e. The molecule has 0 spiro atoms. The number of benzene rings is 2. The molecule has 2 N–H and O–H groups in total. The molecule has 2 atom stereocenters. The Morgan fingerprint density at radius 1 is 1.07 bits per heavy atom. The Morgan fingerprint density at radius 3 is 2.50 bits per heavy atom. The van der Waals surface area contributed by atoms with Crippen LogP contribution in [0.2, 0.25) is 0 Å². The normalized spacial score (nSPS) is 22.4. The van der Waals surface area contributed by atoms with Crippen molar-refractivity contribution >= 4 is 11.0 Å². The number of piperidine rings is 1. The van der Waals surface area contributed by atoms with Gasteiger partial charge in [-0.1, -0.05) is 12.1 Å². The van der Waals surface area contributed by atoms with Gasteiger partial charge in [0.15, 0.2) is 11.5 Å². The first-order chi connectivity index (χ1) is 14.6. The van der Waals surface area contributed by atoms with Crippen LogP contribution < -0.4 is 15.2 Å². The van der Waals surface area contributed by atoms with Crippen molar-refractivity contribution in [3.8, 4) is 11.5 Å². The molecule has 2 aliphatic rings. The van der Waals surface area contributed by atoms with Gasteiger partial charge in [-0.25, -0.2) is 4.79 Å². The number of aromatic amines is 1. The average molecular weight is 409 g/mol. The number of methoxy groups -OCH3 is 2. The third-order valence-corrected chi connectivity index (χ3v) is 6.71. The van der Waals surface area contributed by atoms with E-state index in [2.05, 4.69) is 9.88 Å².